The molecule has 1 amide bonds. The minimum Gasteiger partial charge on any atom is -0.507 e. The summed E-state index contributed by atoms with van der Waals surface area (Å²) in [4.78, 5) is 31.6. The van der Waals surface area contributed by atoms with E-state index < -0.39 is 35.6 Å². The monoisotopic (exact) mass is 498 g/mol. The molecular weight excluding hydrogens is 477 g/mol. The molecule has 1 aliphatic rings. The number of alkyl halides is 3. The lowest BCUT2D eigenvalue weighted by atomic mass is 9.98. The second-order valence-corrected chi connectivity index (χ2v) is 7.85. The van der Waals surface area contributed by atoms with Crippen LogP contribution in [0.5, 0.6) is 11.5 Å². The van der Waals surface area contributed by atoms with Crippen molar-refractivity contribution in [3.8, 4) is 11.5 Å². The molecule has 1 atom stereocenters. The van der Waals surface area contributed by atoms with Crippen LogP contribution < -0.4 is 14.4 Å². The molecule has 2 heterocycles. The standard InChI is InChI=1S/C26H21F3N2O5/c1-2-13-35-18-9-5-7-16(14-18)23(32)21-22(20-11-3-4-12-30-20)31(25(34)24(21)33)17-8-6-10-19(15-17)36-26(27,28)29/h3-12,14-15,22,32H,2,13H2,1H3/b23-21+. The zero-order chi connectivity index (χ0) is 25.9. The predicted molar refractivity (Wildman–Crippen MR) is 124 cm³/mol. The second-order valence-electron chi connectivity index (χ2n) is 7.85. The van der Waals surface area contributed by atoms with Crippen molar-refractivity contribution in [2.75, 3.05) is 11.5 Å². The zero-order valence-electron chi connectivity index (χ0n) is 19.0. The summed E-state index contributed by atoms with van der Waals surface area (Å²) in [5.74, 6) is -2.61. The molecule has 7 nitrogen and oxygen atoms in total. The number of anilines is 1. The summed E-state index contributed by atoms with van der Waals surface area (Å²) >= 11 is 0. The Bertz CT molecular complexity index is 1310. The lowest BCUT2D eigenvalue weighted by Crippen LogP contribution is -2.30. The van der Waals surface area contributed by atoms with Crippen LogP contribution in [0, 0.1) is 0 Å². The summed E-state index contributed by atoms with van der Waals surface area (Å²) < 4.78 is 47.9. The molecule has 1 fully saturated rings. The summed E-state index contributed by atoms with van der Waals surface area (Å²) in [5, 5.41) is 11.2. The van der Waals surface area contributed by atoms with Gasteiger partial charge in [0.05, 0.1) is 17.9 Å². The van der Waals surface area contributed by atoms with Gasteiger partial charge < -0.3 is 14.6 Å². The Kier molecular flexibility index (Phi) is 6.96. The van der Waals surface area contributed by atoms with Gasteiger partial charge in [-0.1, -0.05) is 31.2 Å². The van der Waals surface area contributed by atoms with E-state index in [1.807, 2.05) is 6.92 Å². The lowest BCUT2D eigenvalue weighted by Gasteiger charge is -2.25. The van der Waals surface area contributed by atoms with Gasteiger partial charge in [0.25, 0.3) is 11.7 Å². The van der Waals surface area contributed by atoms with E-state index in [0.717, 1.165) is 23.5 Å². The molecule has 10 heteroatoms. The van der Waals surface area contributed by atoms with Gasteiger partial charge in [0.2, 0.25) is 0 Å². The van der Waals surface area contributed by atoms with E-state index in [0.29, 0.717) is 12.4 Å². The van der Waals surface area contributed by atoms with Crippen LogP contribution in [0.2, 0.25) is 0 Å². The minimum absolute atomic E-state index is 0.0337. The number of ether oxygens (including phenoxy) is 2. The Hall–Kier alpha value is -4.34. The number of amides is 1. The van der Waals surface area contributed by atoms with Gasteiger partial charge in [-0.2, -0.15) is 0 Å². The molecule has 0 aliphatic carbocycles. The fourth-order valence-corrected chi connectivity index (χ4v) is 3.86. The number of ketones is 1. The van der Waals surface area contributed by atoms with Gasteiger partial charge in [-0.15, -0.1) is 13.2 Å². The van der Waals surface area contributed by atoms with Gasteiger partial charge >= 0.3 is 6.36 Å². The molecule has 1 N–H and O–H groups in total. The first kappa shape index (κ1) is 24.8. The lowest BCUT2D eigenvalue weighted by molar-refractivity contribution is -0.274. The number of halogens is 3. The number of hydrogen-bond donors (Lipinski definition) is 1. The van der Waals surface area contributed by atoms with E-state index in [9.17, 15) is 27.9 Å². The Morgan fingerprint density at radius 1 is 1.03 bits per heavy atom. The van der Waals surface area contributed by atoms with E-state index in [-0.39, 0.29) is 22.5 Å². The Morgan fingerprint density at radius 2 is 1.78 bits per heavy atom. The van der Waals surface area contributed by atoms with Crippen LogP contribution in [0.4, 0.5) is 18.9 Å². The van der Waals surface area contributed by atoms with Crippen LogP contribution in [0.25, 0.3) is 5.76 Å². The van der Waals surface area contributed by atoms with Crippen molar-refractivity contribution in [3.63, 3.8) is 0 Å². The highest BCUT2D eigenvalue weighted by Crippen LogP contribution is 2.42. The number of pyridine rings is 1. The molecule has 1 unspecified atom stereocenters. The minimum atomic E-state index is -4.95. The average molecular weight is 498 g/mol. The normalized spacial score (nSPS) is 17.3. The molecule has 0 saturated carbocycles. The third-order valence-electron chi connectivity index (χ3n) is 5.32. The first-order chi connectivity index (χ1) is 17.2. The van der Waals surface area contributed by atoms with E-state index in [1.54, 1.807) is 36.4 Å². The third-order valence-corrected chi connectivity index (χ3v) is 5.32. The number of carbonyl (C=O) groups is 2. The summed E-state index contributed by atoms with van der Waals surface area (Å²) in [6, 6.07) is 14.7. The number of Topliss-reactive ketones (excluding diaryl/α,β-unsaturated/α-hetero) is 1. The Balaban J connectivity index is 1.85. The molecule has 2 aromatic carbocycles. The highest BCUT2D eigenvalue weighted by atomic mass is 19.4. The summed E-state index contributed by atoms with van der Waals surface area (Å²) in [5.41, 5.74) is 0.178. The van der Waals surface area contributed by atoms with E-state index in [4.69, 9.17) is 4.74 Å². The highest BCUT2D eigenvalue weighted by molar-refractivity contribution is 6.51. The molecular formula is C26H21F3N2O5. The van der Waals surface area contributed by atoms with Crippen molar-refractivity contribution >= 4 is 23.1 Å². The van der Waals surface area contributed by atoms with Crippen LogP contribution in [-0.4, -0.2) is 34.8 Å². The van der Waals surface area contributed by atoms with E-state index >= 15 is 0 Å². The Labute approximate surface area is 204 Å². The maximum Gasteiger partial charge on any atom is 0.573 e. The summed E-state index contributed by atoms with van der Waals surface area (Å²) in [6.45, 7) is 2.38. The molecule has 1 aliphatic heterocycles. The second kappa shape index (κ2) is 10.1. The fourth-order valence-electron chi connectivity index (χ4n) is 3.86. The van der Waals surface area contributed by atoms with Crippen LogP contribution >= 0.6 is 0 Å². The van der Waals surface area contributed by atoms with Gasteiger partial charge in [0.15, 0.2) is 0 Å². The van der Waals surface area contributed by atoms with Crippen molar-refractivity contribution in [2.24, 2.45) is 0 Å². The quantitative estimate of drug-likeness (QED) is 0.267. The van der Waals surface area contributed by atoms with Gasteiger partial charge in [0, 0.05) is 23.5 Å². The molecule has 1 saturated heterocycles. The van der Waals surface area contributed by atoms with Gasteiger partial charge in [-0.05, 0) is 42.8 Å². The number of aliphatic hydroxyl groups excluding tert-OH is 1. The Morgan fingerprint density at radius 3 is 2.47 bits per heavy atom. The smallest absolute Gasteiger partial charge is 0.507 e. The topological polar surface area (TPSA) is 89.0 Å². The number of nitrogens with zero attached hydrogens (tertiary/aromatic N) is 2. The maximum absolute atomic E-state index is 13.2. The van der Waals surface area contributed by atoms with Gasteiger partial charge in [-0.3, -0.25) is 19.5 Å². The van der Waals surface area contributed by atoms with Crippen LogP contribution in [-0.2, 0) is 9.59 Å². The molecule has 3 aromatic rings. The molecule has 0 radical (unpaired) electrons. The third kappa shape index (κ3) is 5.17. The zero-order valence-corrected chi connectivity index (χ0v) is 19.0. The van der Waals surface area contributed by atoms with Crippen molar-refractivity contribution in [2.45, 2.75) is 25.7 Å². The van der Waals surface area contributed by atoms with Crippen LogP contribution in [0.15, 0.2) is 78.5 Å². The van der Waals surface area contributed by atoms with Crippen molar-refractivity contribution in [1.82, 2.24) is 4.98 Å². The number of rotatable bonds is 7. The number of aromatic nitrogens is 1. The largest absolute Gasteiger partial charge is 0.573 e. The van der Waals surface area contributed by atoms with E-state index in [1.165, 1.54) is 24.4 Å². The SMILES string of the molecule is CCCOc1cccc(/C(O)=C2\C(=O)C(=O)N(c3cccc(OC(F)(F)F)c3)C2c2ccccn2)c1. The maximum atomic E-state index is 13.2. The van der Waals surface area contributed by atoms with Crippen molar-refractivity contribution in [1.29, 1.82) is 0 Å². The highest BCUT2D eigenvalue weighted by Gasteiger charge is 2.47. The summed E-state index contributed by atoms with van der Waals surface area (Å²) in [6.07, 6.45) is -2.74. The number of benzene rings is 2. The molecule has 186 valence electrons. The molecule has 0 bridgehead atoms. The number of aliphatic hydroxyl groups is 1. The first-order valence-electron chi connectivity index (χ1n) is 11.0. The predicted octanol–water partition coefficient (Wildman–Crippen LogP) is 5.40. The molecule has 36 heavy (non-hydrogen) atoms. The molecule has 0 spiro atoms. The van der Waals surface area contributed by atoms with Crippen LogP contribution in [0.1, 0.15) is 30.6 Å². The number of carbonyl (C=O) groups excluding carboxylic acids is 2. The summed E-state index contributed by atoms with van der Waals surface area (Å²) in [7, 11) is 0. The van der Waals surface area contributed by atoms with Crippen molar-refractivity contribution in [3.05, 3.63) is 89.8 Å². The van der Waals surface area contributed by atoms with E-state index in [2.05, 4.69) is 9.72 Å². The molecule has 1 aromatic heterocycles. The average Bonchev–Trinajstić information content (AvgIpc) is 3.12. The van der Waals surface area contributed by atoms with Crippen molar-refractivity contribution < 1.29 is 37.3 Å². The van der Waals surface area contributed by atoms with Gasteiger partial charge in [-0.25, -0.2) is 0 Å². The fraction of sp³-hybridized carbons (Fsp3) is 0.192. The van der Waals surface area contributed by atoms with Crippen LogP contribution in [0.3, 0.4) is 0 Å². The number of hydrogen-bond acceptors (Lipinski definition) is 6. The van der Waals surface area contributed by atoms with Gasteiger partial charge in [0.1, 0.15) is 23.3 Å². The molecule has 4 rings (SSSR count). The first-order valence-corrected chi connectivity index (χ1v) is 11.0.